The van der Waals surface area contributed by atoms with Crippen LogP contribution in [0.25, 0.3) is 0 Å². The third kappa shape index (κ3) is 4.05. The maximum absolute atomic E-state index is 12.9. The van der Waals surface area contributed by atoms with Crippen molar-refractivity contribution in [1.29, 1.82) is 0 Å². The molecule has 1 aliphatic rings. The number of nitrogens with zero attached hydrogens (tertiary/aromatic N) is 1. The lowest BCUT2D eigenvalue weighted by Gasteiger charge is -2.21. The van der Waals surface area contributed by atoms with Crippen molar-refractivity contribution in [2.75, 3.05) is 11.4 Å². The molecule has 1 fully saturated rings. The molecule has 2 atom stereocenters. The van der Waals surface area contributed by atoms with Crippen LogP contribution in [0.2, 0.25) is 0 Å². The average Bonchev–Trinajstić information content (AvgIpc) is 3.43. The summed E-state index contributed by atoms with van der Waals surface area (Å²) in [6.07, 6.45) is 0.581. The van der Waals surface area contributed by atoms with Gasteiger partial charge in [-0.05, 0) is 43.2 Å². The second-order valence-corrected chi connectivity index (χ2v) is 6.21. The number of carbonyl (C=O) groups is 2. The summed E-state index contributed by atoms with van der Waals surface area (Å²) in [4.78, 5) is 26.6. The normalized spacial score (nSPS) is 18.5. The number of benzene rings is 2. The summed E-state index contributed by atoms with van der Waals surface area (Å²) >= 11 is 0. The largest absolute Gasteiger partial charge is 0.352 e. The number of carbonyl (C=O) groups excluding carboxylic acids is 2. The van der Waals surface area contributed by atoms with Gasteiger partial charge in [0.2, 0.25) is 11.8 Å². The van der Waals surface area contributed by atoms with Crippen LogP contribution in [0.4, 0.5) is 10.1 Å². The molecule has 1 aliphatic carbocycles. The highest BCUT2D eigenvalue weighted by molar-refractivity contribution is 6.01. The highest BCUT2D eigenvalue weighted by Gasteiger charge is 2.49. The van der Waals surface area contributed by atoms with E-state index in [2.05, 4.69) is 5.32 Å². The second kappa shape index (κ2) is 7.47. The molecule has 2 aromatic carbocycles. The molecule has 0 aromatic heterocycles. The molecule has 2 unspecified atom stereocenters. The first kappa shape index (κ1) is 17.1. The zero-order valence-corrected chi connectivity index (χ0v) is 14.1. The topological polar surface area (TPSA) is 49.4 Å². The van der Waals surface area contributed by atoms with Gasteiger partial charge < -0.3 is 10.2 Å². The summed E-state index contributed by atoms with van der Waals surface area (Å²) in [6, 6.07) is 15.5. The van der Waals surface area contributed by atoms with Crippen molar-refractivity contribution in [1.82, 2.24) is 5.32 Å². The minimum Gasteiger partial charge on any atom is -0.352 e. The molecule has 0 spiro atoms. The van der Waals surface area contributed by atoms with Crippen LogP contribution in [0.15, 0.2) is 54.6 Å². The number of nitrogens with one attached hydrogen (secondary N) is 1. The highest BCUT2D eigenvalue weighted by Crippen LogP contribution is 2.41. The highest BCUT2D eigenvalue weighted by atomic mass is 19.1. The molecular formula is C20H21FN2O2. The molecule has 5 heteroatoms. The molecule has 2 aromatic rings. The molecule has 25 heavy (non-hydrogen) atoms. The fraction of sp³-hybridized carbons (Fsp3) is 0.300. The predicted molar refractivity (Wildman–Crippen MR) is 94.3 cm³/mol. The van der Waals surface area contributed by atoms with Crippen molar-refractivity contribution in [2.24, 2.45) is 11.8 Å². The zero-order valence-electron chi connectivity index (χ0n) is 14.1. The van der Waals surface area contributed by atoms with Gasteiger partial charge in [-0.15, -0.1) is 0 Å². The number of rotatable bonds is 6. The van der Waals surface area contributed by atoms with E-state index in [9.17, 15) is 14.0 Å². The Labute approximate surface area is 146 Å². The third-order valence-corrected chi connectivity index (χ3v) is 4.47. The summed E-state index contributed by atoms with van der Waals surface area (Å²) in [6.45, 7) is 2.84. The number of hydrogen-bond acceptors (Lipinski definition) is 2. The number of amides is 2. The van der Waals surface area contributed by atoms with Gasteiger partial charge in [0.15, 0.2) is 0 Å². The van der Waals surface area contributed by atoms with Crippen LogP contribution in [-0.2, 0) is 16.1 Å². The first-order valence-corrected chi connectivity index (χ1v) is 8.48. The van der Waals surface area contributed by atoms with Crippen molar-refractivity contribution in [3.05, 3.63) is 66.0 Å². The van der Waals surface area contributed by atoms with Gasteiger partial charge in [-0.3, -0.25) is 9.59 Å². The molecule has 0 heterocycles. The lowest BCUT2D eigenvalue weighted by atomic mass is 10.2. The SMILES string of the molecule is CCN(C(=O)C1CC1C(=O)NCc1ccc(F)cc1)c1ccccc1. The van der Waals surface area contributed by atoms with E-state index in [1.165, 1.54) is 12.1 Å². The quantitative estimate of drug-likeness (QED) is 0.878. The Morgan fingerprint density at radius 2 is 1.76 bits per heavy atom. The fourth-order valence-electron chi connectivity index (χ4n) is 2.95. The van der Waals surface area contributed by atoms with E-state index < -0.39 is 0 Å². The Morgan fingerprint density at radius 3 is 2.40 bits per heavy atom. The Morgan fingerprint density at radius 1 is 1.08 bits per heavy atom. The van der Waals surface area contributed by atoms with Gasteiger partial charge in [0.25, 0.3) is 0 Å². The van der Waals surface area contributed by atoms with Crippen molar-refractivity contribution in [3.63, 3.8) is 0 Å². The maximum atomic E-state index is 12.9. The van der Waals surface area contributed by atoms with E-state index in [1.54, 1.807) is 17.0 Å². The third-order valence-electron chi connectivity index (χ3n) is 4.47. The predicted octanol–water partition coefficient (Wildman–Crippen LogP) is 3.13. The standard InChI is InChI=1S/C20H21FN2O2/c1-2-23(16-6-4-3-5-7-16)20(25)18-12-17(18)19(24)22-13-14-8-10-15(21)11-9-14/h3-11,17-18H,2,12-13H2,1H3,(H,22,24). The minimum absolute atomic E-state index is 0.00404. The Bertz CT molecular complexity index is 746. The Hall–Kier alpha value is -2.69. The first-order valence-electron chi connectivity index (χ1n) is 8.48. The molecule has 2 amide bonds. The van der Waals surface area contributed by atoms with Gasteiger partial charge in [-0.2, -0.15) is 0 Å². The van der Waals surface area contributed by atoms with Crippen LogP contribution in [0.5, 0.6) is 0 Å². The van der Waals surface area contributed by atoms with E-state index in [-0.39, 0.29) is 29.5 Å². The average molecular weight is 340 g/mol. The molecule has 0 radical (unpaired) electrons. The number of para-hydroxylation sites is 1. The summed E-state index contributed by atoms with van der Waals surface area (Å²) in [5.74, 6) is -0.954. The second-order valence-electron chi connectivity index (χ2n) is 6.21. The molecule has 4 nitrogen and oxygen atoms in total. The maximum Gasteiger partial charge on any atom is 0.230 e. The minimum atomic E-state index is -0.302. The van der Waals surface area contributed by atoms with Crippen LogP contribution in [0.1, 0.15) is 18.9 Å². The van der Waals surface area contributed by atoms with Crippen molar-refractivity contribution in [2.45, 2.75) is 19.9 Å². The van der Waals surface area contributed by atoms with Gasteiger partial charge in [-0.25, -0.2) is 4.39 Å². The summed E-state index contributed by atoms with van der Waals surface area (Å²) in [7, 11) is 0. The van der Waals surface area contributed by atoms with Crippen LogP contribution >= 0.6 is 0 Å². The Balaban J connectivity index is 1.55. The van der Waals surface area contributed by atoms with Gasteiger partial charge in [0.1, 0.15) is 5.82 Å². The molecule has 0 saturated heterocycles. The van der Waals surface area contributed by atoms with Gasteiger partial charge in [0.05, 0.1) is 11.8 Å². The Kier molecular flexibility index (Phi) is 5.12. The van der Waals surface area contributed by atoms with E-state index in [0.717, 1.165) is 11.3 Å². The van der Waals surface area contributed by atoms with Crippen LogP contribution in [0, 0.1) is 17.7 Å². The summed E-state index contributed by atoms with van der Waals surface area (Å²) < 4.78 is 12.9. The molecule has 1 N–H and O–H groups in total. The zero-order chi connectivity index (χ0) is 17.8. The first-order chi connectivity index (χ1) is 12.1. The molecular weight excluding hydrogens is 319 g/mol. The summed E-state index contributed by atoms with van der Waals surface area (Å²) in [5, 5.41) is 2.83. The molecule has 1 saturated carbocycles. The molecule has 0 bridgehead atoms. The van der Waals surface area contributed by atoms with Crippen LogP contribution < -0.4 is 10.2 Å². The van der Waals surface area contributed by atoms with E-state index in [4.69, 9.17) is 0 Å². The van der Waals surface area contributed by atoms with Gasteiger partial charge in [0, 0.05) is 18.8 Å². The number of halogens is 1. The number of anilines is 1. The van der Waals surface area contributed by atoms with E-state index in [0.29, 0.717) is 19.5 Å². The van der Waals surface area contributed by atoms with Crippen LogP contribution in [0.3, 0.4) is 0 Å². The monoisotopic (exact) mass is 340 g/mol. The molecule has 0 aliphatic heterocycles. The lowest BCUT2D eigenvalue weighted by Crippen LogP contribution is -2.34. The smallest absolute Gasteiger partial charge is 0.230 e. The lowest BCUT2D eigenvalue weighted by molar-refractivity contribution is -0.126. The summed E-state index contributed by atoms with van der Waals surface area (Å²) in [5.41, 5.74) is 1.69. The molecule has 3 rings (SSSR count). The number of hydrogen-bond donors (Lipinski definition) is 1. The van der Waals surface area contributed by atoms with Gasteiger partial charge in [-0.1, -0.05) is 30.3 Å². The van der Waals surface area contributed by atoms with Crippen molar-refractivity contribution < 1.29 is 14.0 Å². The van der Waals surface area contributed by atoms with Crippen LogP contribution in [-0.4, -0.2) is 18.4 Å². The van der Waals surface area contributed by atoms with E-state index >= 15 is 0 Å². The van der Waals surface area contributed by atoms with Crippen molar-refractivity contribution in [3.8, 4) is 0 Å². The van der Waals surface area contributed by atoms with Gasteiger partial charge >= 0.3 is 0 Å². The molecule has 130 valence electrons. The fourth-order valence-corrected chi connectivity index (χ4v) is 2.95. The van der Waals surface area contributed by atoms with Crippen molar-refractivity contribution >= 4 is 17.5 Å². The van der Waals surface area contributed by atoms with E-state index in [1.807, 2.05) is 37.3 Å².